The highest BCUT2D eigenvalue weighted by Crippen LogP contribution is 2.22. The van der Waals surface area contributed by atoms with E-state index in [9.17, 15) is 0 Å². The van der Waals surface area contributed by atoms with Crippen molar-refractivity contribution >= 4 is 28.9 Å². The fourth-order valence-corrected chi connectivity index (χ4v) is 3.67. The molecule has 2 rings (SSSR count). The van der Waals surface area contributed by atoms with Crippen LogP contribution in [0.15, 0.2) is 27.9 Å². The summed E-state index contributed by atoms with van der Waals surface area (Å²) < 4.78 is 5.16. The Morgan fingerprint density at radius 1 is 1.55 bits per heavy atom. The number of oxime groups is 1. The average Bonchev–Trinajstić information content (AvgIpc) is 3.07. The summed E-state index contributed by atoms with van der Waals surface area (Å²) in [5.74, 6) is 3.13. The molecule has 0 aliphatic heterocycles. The quantitative estimate of drug-likeness (QED) is 0.270. The maximum absolute atomic E-state index is 8.60. The number of amidine groups is 1. The molecule has 20 heavy (non-hydrogen) atoms. The molecule has 5 nitrogen and oxygen atoms in total. The molecule has 0 bridgehead atoms. The van der Waals surface area contributed by atoms with Crippen molar-refractivity contribution in [2.75, 3.05) is 5.75 Å². The molecule has 0 spiro atoms. The van der Waals surface area contributed by atoms with Gasteiger partial charge in [-0.25, -0.2) is 0 Å². The molecule has 0 radical (unpaired) electrons. The van der Waals surface area contributed by atoms with Gasteiger partial charge in [-0.05, 0) is 31.2 Å². The summed E-state index contributed by atoms with van der Waals surface area (Å²) in [5, 5.41) is 15.5. The van der Waals surface area contributed by atoms with Crippen LogP contribution in [0.2, 0.25) is 0 Å². The number of thiophene rings is 1. The largest absolute Gasteiger partial charge is 0.409 e. The normalized spacial score (nSPS) is 11.9. The van der Waals surface area contributed by atoms with Crippen molar-refractivity contribution in [2.24, 2.45) is 10.9 Å². The van der Waals surface area contributed by atoms with Crippen molar-refractivity contribution in [1.82, 2.24) is 5.16 Å². The molecule has 0 fully saturated rings. The standard InChI is InChI=1S/C13H17N3O2S2/c1-9-7-10(18-16-9)3-2-6-19-8-11-4-5-12(20-11)13(14)15-17/h4-5,7,17H,2-3,6,8H2,1H3,(H2,14,15). The van der Waals surface area contributed by atoms with Gasteiger partial charge in [-0.3, -0.25) is 0 Å². The number of nitrogens with two attached hydrogens (primary N) is 1. The SMILES string of the molecule is Cc1cc(CCCSCc2ccc(/C(N)=N\O)s2)on1. The number of aromatic nitrogens is 1. The van der Waals surface area contributed by atoms with Gasteiger partial charge in [0.15, 0.2) is 5.84 Å². The Hall–Kier alpha value is -1.47. The number of aryl methyl sites for hydroxylation is 2. The first-order chi connectivity index (χ1) is 9.69. The lowest BCUT2D eigenvalue weighted by Gasteiger charge is -1.98. The zero-order chi connectivity index (χ0) is 14.4. The van der Waals surface area contributed by atoms with Gasteiger partial charge in [0, 0.05) is 23.1 Å². The predicted octanol–water partition coefficient (Wildman–Crippen LogP) is 3.01. The Balaban J connectivity index is 1.67. The molecule has 2 aromatic rings. The van der Waals surface area contributed by atoms with Crippen LogP contribution >= 0.6 is 23.1 Å². The average molecular weight is 311 g/mol. The third-order valence-corrected chi connectivity index (χ3v) is 5.04. The first-order valence-corrected chi connectivity index (χ1v) is 8.22. The fraction of sp³-hybridized carbons (Fsp3) is 0.385. The zero-order valence-electron chi connectivity index (χ0n) is 11.2. The Morgan fingerprint density at radius 2 is 2.40 bits per heavy atom. The van der Waals surface area contributed by atoms with Crippen LogP contribution in [0.1, 0.15) is 27.6 Å². The van der Waals surface area contributed by atoms with E-state index in [1.165, 1.54) is 4.88 Å². The highest BCUT2D eigenvalue weighted by atomic mass is 32.2. The second kappa shape index (κ2) is 7.35. The summed E-state index contributed by atoms with van der Waals surface area (Å²) in [4.78, 5) is 2.03. The van der Waals surface area contributed by atoms with Gasteiger partial charge >= 0.3 is 0 Å². The lowest BCUT2D eigenvalue weighted by atomic mass is 10.2. The fourth-order valence-electron chi connectivity index (χ4n) is 1.70. The van der Waals surface area contributed by atoms with E-state index in [1.54, 1.807) is 11.3 Å². The van der Waals surface area contributed by atoms with Crippen LogP contribution in [0.25, 0.3) is 0 Å². The van der Waals surface area contributed by atoms with E-state index in [2.05, 4.69) is 10.3 Å². The molecule has 0 saturated heterocycles. The number of nitrogens with zero attached hydrogens (tertiary/aromatic N) is 2. The second-order valence-corrected chi connectivity index (χ2v) is 6.62. The Morgan fingerprint density at radius 3 is 3.10 bits per heavy atom. The molecule has 0 aromatic carbocycles. The number of rotatable bonds is 7. The van der Waals surface area contributed by atoms with Crippen LogP contribution < -0.4 is 5.73 Å². The minimum atomic E-state index is 0.173. The van der Waals surface area contributed by atoms with Crippen molar-refractivity contribution < 1.29 is 9.73 Å². The maximum atomic E-state index is 8.60. The van der Waals surface area contributed by atoms with Crippen molar-refractivity contribution in [1.29, 1.82) is 0 Å². The molecule has 0 unspecified atom stereocenters. The number of hydrogen-bond donors (Lipinski definition) is 2. The van der Waals surface area contributed by atoms with E-state index in [0.717, 1.165) is 40.7 Å². The van der Waals surface area contributed by atoms with Gasteiger partial charge in [-0.1, -0.05) is 10.3 Å². The van der Waals surface area contributed by atoms with Crippen LogP contribution in [0.3, 0.4) is 0 Å². The summed E-state index contributed by atoms with van der Waals surface area (Å²) in [6, 6.07) is 5.88. The van der Waals surface area contributed by atoms with Gasteiger partial charge in [-0.15, -0.1) is 11.3 Å². The number of thioether (sulfide) groups is 1. The maximum Gasteiger partial charge on any atom is 0.180 e. The molecule has 0 aliphatic carbocycles. The monoisotopic (exact) mass is 311 g/mol. The van der Waals surface area contributed by atoms with Gasteiger partial charge in [-0.2, -0.15) is 11.8 Å². The van der Waals surface area contributed by atoms with E-state index in [0.29, 0.717) is 0 Å². The minimum absolute atomic E-state index is 0.173. The van der Waals surface area contributed by atoms with E-state index < -0.39 is 0 Å². The zero-order valence-corrected chi connectivity index (χ0v) is 12.8. The molecule has 7 heteroatoms. The Kier molecular flexibility index (Phi) is 5.49. The van der Waals surface area contributed by atoms with Crippen LogP contribution in [-0.4, -0.2) is 22.0 Å². The van der Waals surface area contributed by atoms with Crippen molar-refractivity contribution in [3.63, 3.8) is 0 Å². The summed E-state index contributed by atoms with van der Waals surface area (Å²) in [7, 11) is 0. The molecule has 0 atom stereocenters. The molecular weight excluding hydrogens is 294 g/mol. The molecule has 3 N–H and O–H groups in total. The molecule has 2 aromatic heterocycles. The molecule has 0 saturated carbocycles. The van der Waals surface area contributed by atoms with Crippen LogP contribution in [0.5, 0.6) is 0 Å². The summed E-state index contributed by atoms with van der Waals surface area (Å²) in [6.45, 7) is 1.93. The summed E-state index contributed by atoms with van der Waals surface area (Å²) in [5.41, 5.74) is 6.47. The molecule has 2 heterocycles. The Bertz CT molecular complexity index is 578. The number of hydrogen-bond acceptors (Lipinski definition) is 6. The van der Waals surface area contributed by atoms with E-state index in [-0.39, 0.29) is 5.84 Å². The molecule has 108 valence electrons. The first kappa shape index (κ1) is 14.9. The highest BCUT2D eigenvalue weighted by Gasteiger charge is 2.05. The first-order valence-electron chi connectivity index (χ1n) is 6.25. The predicted molar refractivity (Wildman–Crippen MR) is 82.6 cm³/mol. The van der Waals surface area contributed by atoms with Crippen molar-refractivity contribution in [2.45, 2.75) is 25.5 Å². The third-order valence-electron chi connectivity index (χ3n) is 2.65. The molecule has 0 aliphatic rings. The Labute approximate surface area is 125 Å². The minimum Gasteiger partial charge on any atom is -0.409 e. The van der Waals surface area contributed by atoms with Crippen LogP contribution in [0, 0.1) is 6.92 Å². The topological polar surface area (TPSA) is 84.6 Å². The van der Waals surface area contributed by atoms with Gasteiger partial charge in [0.25, 0.3) is 0 Å². The van der Waals surface area contributed by atoms with Gasteiger partial charge in [0.1, 0.15) is 5.76 Å². The molecule has 0 amide bonds. The highest BCUT2D eigenvalue weighted by molar-refractivity contribution is 7.98. The van der Waals surface area contributed by atoms with E-state index >= 15 is 0 Å². The van der Waals surface area contributed by atoms with Crippen molar-refractivity contribution in [3.8, 4) is 0 Å². The van der Waals surface area contributed by atoms with E-state index in [1.807, 2.05) is 36.9 Å². The second-order valence-electron chi connectivity index (χ2n) is 4.34. The lowest BCUT2D eigenvalue weighted by molar-refractivity contribution is 0.319. The van der Waals surface area contributed by atoms with Crippen LogP contribution in [-0.2, 0) is 12.2 Å². The lowest BCUT2D eigenvalue weighted by Crippen LogP contribution is -2.10. The van der Waals surface area contributed by atoms with Gasteiger partial charge in [0.2, 0.25) is 0 Å². The summed E-state index contributed by atoms with van der Waals surface area (Å²) in [6.07, 6.45) is 1.99. The van der Waals surface area contributed by atoms with Gasteiger partial charge < -0.3 is 15.5 Å². The van der Waals surface area contributed by atoms with Crippen molar-refractivity contribution in [3.05, 3.63) is 39.4 Å². The molecular formula is C13H17N3O2S2. The summed E-state index contributed by atoms with van der Waals surface area (Å²) >= 11 is 3.43. The van der Waals surface area contributed by atoms with Gasteiger partial charge in [0.05, 0.1) is 10.6 Å². The smallest absolute Gasteiger partial charge is 0.180 e. The van der Waals surface area contributed by atoms with E-state index in [4.69, 9.17) is 15.5 Å². The third kappa shape index (κ3) is 4.28. The van der Waals surface area contributed by atoms with Crippen LogP contribution in [0.4, 0.5) is 0 Å².